The van der Waals surface area contributed by atoms with Gasteiger partial charge in [0.1, 0.15) is 11.1 Å². The van der Waals surface area contributed by atoms with Crippen LogP contribution in [0.25, 0.3) is 10.6 Å². The lowest BCUT2D eigenvalue weighted by atomic mass is 10.1. The van der Waals surface area contributed by atoms with Gasteiger partial charge in [0.25, 0.3) is 0 Å². The summed E-state index contributed by atoms with van der Waals surface area (Å²) in [5, 5.41) is 6.53. The Kier molecular flexibility index (Phi) is 5.38. The maximum atomic E-state index is 12.7. The number of amides is 2. The van der Waals surface area contributed by atoms with Crippen LogP contribution in [0.2, 0.25) is 5.02 Å². The second-order valence-electron chi connectivity index (χ2n) is 6.21. The van der Waals surface area contributed by atoms with Gasteiger partial charge in [0.2, 0.25) is 0 Å². The molecule has 0 aliphatic carbocycles. The Bertz CT molecular complexity index is 915. The number of benzene rings is 2. The Morgan fingerprint density at radius 2 is 2.11 bits per heavy atom. The first-order valence-corrected chi connectivity index (χ1v) is 9.88. The van der Waals surface area contributed by atoms with Crippen LogP contribution in [0.1, 0.15) is 11.7 Å². The van der Waals surface area contributed by atoms with Gasteiger partial charge in [0, 0.05) is 34.4 Å². The van der Waals surface area contributed by atoms with Crippen molar-refractivity contribution in [1.82, 2.24) is 9.88 Å². The number of aromatic nitrogens is 1. The molecule has 7 heteroatoms. The molecule has 1 aliphatic heterocycles. The highest BCUT2D eigenvalue weighted by Gasteiger charge is 2.25. The number of carbonyl (C=O) groups excluding carboxylic acids is 1. The largest absolute Gasteiger partial charge is 0.370 e. The maximum Gasteiger partial charge on any atom is 0.322 e. The lowest BCUT2D eigenvalue weighted by Crippen LogP contribution is -2.44. The Hall–Kier alpha value is -2.41. The molecule has 1 saturated heterocycles. The summed E-state index contributed by atoms with van der Waals surface area (Å²) in [5.41, 5.74) is 2.76. The van der Waals surface area contributed by atoms with Crippen molar-refractivity contribution in [2.75, 3.05) is 25.0 Å². The van der Waals surface area contributed by atoms with E-state index in [0.717, 1.165) is 21.8 Å². The van der Waals surface area contributed by atoms with Crippen LogP contribution in [0.5, 0.6) is 0 Å². The summed E-state index contributed by atoms with van der Waals surface area (Å²) in [5.74, 6) is 0. The number of urea groups is 1. The number of nitrogens with one attached hydrogen (secondary N) is 1. The first kappa shape index (κ1) is 18.0. The van der Waals surface area contributed by atoms with Crippen LogP contribution in [0.15, 0.2) is 60.1 Å². The van der Waals surface area contributed by atoms with Gasteiger partial charge in [0.05, 0.1) is 13.2 Å². The molecular weight excluding hydrogens is 382 g/mol. The van der Waals surface area contributed by atoms with Gasteiger partial charge >= 0.3 is 6.03 Å². The van der Waals surface area contributed by atoms with Crippen LogP contribution >= 0.6 is 22.9 Å². The van der Waals surface area contributed by atoms with Crippen LogP contribution in [-0.4, -0.2) is 35.6 Å². The summed E-state index contributed by atoms with van der Waals surface area (Å²) < 4.78 is 5.83. The van der Waals surface area contributed by atoms with Gasteiger partial charge in [-0.15, -0.1) is 11.3 Å². The van der Waals surface area contributed by atoms with Gasteiger partial charge in [-0.2, -0.15) is 0 Å². The molecule has 0 bridgehead atoms. The molecule has 1 aliphatic rings. The fourth-order valence-corrected chi connectivity index (χ4v) is 3.77. The summed E-state index contributed by atoms with van der Waals surface area (Å²) in [6.07, 6.45) is 1.62. The number of thiazole rings is 1. The van der Waals surface area contributed by atoms with Crippen LogP contribution in [0.3, 0.4) is 0 Å². The van der Waals surface area contributed by atoms with E-state index in [2.05, 4.69) is 10.3 Å². The molecule has 4 rings (SSSR count). The zero-order valence-electron chi connectivity index (χ0n) is 14.5. The van der Waals surface area contributed by atoms with Crippen molar-refractivity contribution in [2.24, 2.45) is 0 Å². The number of morpholine rings is 1. The third-order valence-corrected chi connectivity index (χ3v) is 5.46. The minimum absolute atomic E-state index is 0.131. The van der Waals surface area contributed by atoms with Crippen molar-refractivity contribution in [3.05, 3.63) is 70.7 Å². The van der Waals surface area contributed by atoms with Gasteiger partial charge in [0.15, 0.2) is 0 Å². The molecule has 0 radical (unpaired) electrons. The zero-order chi connectivity index (χ0) is 18.6. The van der Waals surface area contributed by atoms with Crippen molar-refractivity contribution < 1.29 is 9.53 Å². The predicted octanol–water partition coefficient (Wildman–Crippen LogP) is 5.07. The lowest BCUT2D eigenvalue weighted by Gasteiger charge is -2.33. The maximum absolute atomic E-state index is 12.7. The number of hydrogen-bond donors (Lipinski definition) is 1. The molecule has 1 N–H and O–H groups in total. The Morgan fingerprint density at radius 1 is 1.26 bits per heavy atom. The predicted molar refractivity (Wildman–Crippen MR) is 108 cm³/mol. The summed E-state index contributed by atoms with van der Waals surface area (Å²) in [6.45, 7) is 1.56. The van der Waals surface area contributed by atoms with E-state index in [9.17, 15) is 4.79 Å². The van der Waals surface area contributed by atoms with Crippen molar-refractivity contribution in [1.29, 1.82) is 0 Å². The van der Waals surface area contributed by atoms with Crippen LogP contribution < -0.4 is 5.32 Å². The van der Waals surface area contributed by atoms with Gasteiger partial charge in [-0.05, 0) is 29.8 Å². The first-order chi connectivity index (χ1) is 13.2. The second-order valence-corrected chi connectivity index (χ2v) is 7.54. The molecule has 0 saturated carbocycles. The first-order valence-electron chi connectivity index (χ1n) is 8.62. The minimum Gasteiger partial charge on any atom is -0.370 e. The highest BCUT2D eigenvalue weighted by molar-refractivity contribution is 7.13. The molecule has 2 heterocycles. The van der Waals surface area contributed by atoms with E-state index >= 15 is 0 Å². The smallest absolute Gasteiger partial charge is 0.322 e. The summed E-state index contributed by atoms with van der Waals surface area (Å²) in [7, 11) is 0. The van der Waals surface area contributed by atoms with Gasteiger partial charge in [-0.3, -0.25) is 0 Å². The number of halogens is 1. The number of hydrogen-bond acceptors (Lipinski definition) is 4. The standard InChI is InChI=1S/C20H18ClN3O2S/c21-16-6-4-14(5-7-16)18-13-24(9-10-26-18)20(25)23-17-3-1-2-15(12-17)19-22-8-11-27-19/h1-8,11-12,18H,9-10,13H2,(H,23,25). The van der Waals surface area contributed by atoms with Crippen molar-refractivity contribution in [2.45, 2.75) is 6.10 Å². The molecule has 3 aromatic rings. The number of anilines is 1. The Labute approximate surface area is 166 Å². The molecule has 2 amide bonds. The number of carbonyl (C=O) groups is 1. The molecule has 1 aromatic heterocycles. The molecule has 1 fully saturated rings. The number of nitrogens with zero attached hydrogens (tertiary/aromatic N) is 2. The monoisotopic (exact) mass is 399 g/mol. The SMILES string of the molecule is O=C(Nc1cccc(-c2nccs2)c1)N1CCOC(c2ccc(Cl)cc2)C1. The third kappa shape index (κ3) is 4.30. The highest BCUT2D eigenvalue weighted by Crippen LogP contribution is 2.26. The van der Waals surface area contributed by atoms with Gasteiger partial charge < -0.3 is 15.0 Å². The summed E-state index contributed by atoms with van der Waals surface area (Å²) in [6, 6.07) is 15.1. The fourth-order valence-electron chi connectivity index (χ4n) is 3.01. The number of ether oxygens (including phenoxy) is 1. The van der Waals surface area contributed by atoms with E-state index in [0.29, 0.717) is 24.7 Å². The Balaban J connectivity index is 1.43. The molecule has 2 aromatic carbocycles. The molecule has 27 heavy (non-hydrogen) atoms. The topological polar surface area (TPSA) is 54.5 Å². The molecular formula is C20H18ClN3O2S. The van der Waals surface area contributed by atoms with E-state index in [1.165, 1.54) is 0 Å². The van der Waals surface area contributed by atoms with E-state index in [1.807, 2.05) is 53.9 Å². The van der Waals surface area contributed by atoms with E-state index in [1.54, 1.807) is 22.4 Å². The molecule has 138 valence electrons. The molecule has 1 atom stereocenters. The molecule has 5 nitrogen and oxygen atoms in total. The average molecular weight is 400 g/mol. The number of rotatable bonds is 3. The lowest BCUT2D eigenvalue weighted by molar-refractivity contribution is -0.0135. The van der Waals surface area contributed by atoms with E-state index < -0.39 is 0 Å². The summed E-state index contributed by atoms with van der Waals surface area (Å²) in [4.78, 5) is 18.8. The summed E-state index contributed by atoms with van der Waals surface area (Å²) >= 11 is 7.52. The van der Waals surface area contributed by atoms with Crippen LogP contribution in [0.4, 0.5) is 10.5 Å². The Morgan fingerprint density at radius 3 is 2.89 bits per heavy atom. The quantitative estimate of drug-likeness (QED) is 0.669. The highest BCUT2D eigenvalue weighted by atomic mass is 35.5. The third-order valence-electron chi connectivity index (χ3n) is 4.39. The van der Waals surface area contributed by atoms with Crippen LogP contribution in [0, 0.1) is 0 Å². The van der Waals surface area contributed by atoms with Crippen molar-refractivity contribution in [3.8, 4) is 10.6 Å². The van der Waals surface area contributed by atoms with Gasteiger partial charge in [-0.1, -0.05) is 35.9 Å². The van der Waals surface area contributed by atoms with E-state index in [4.69, 9.17) is 16.3 Å². The van der Waals surface area contributed by atoms with Crippen molar-refractivity contribution >= 4 is 34.7 Å². The van der Waals surface area contributed by atoms with Crippen LogP contribution in [-0.2, 0) is 4.74 Å². The minimum atomic E-state index is -0.150. The fraction of sp³-hybridized carbons (Fsp3) is 0.200. The molecule has 0 spiro atoms. The average Bonchev–Trinajstić information content (AvgIpc) is 3.24. The second kappa shape index (κ2) is 8.08. The zero-order valence-corrected chi connectivity index (χ0v) is 16.0. The molecule has 1 unspecified atom stereocenters. The van der Waals surface area contributed by atoms with Crippen molar-refractivity contribution in [3.63, 3.8) is 0 Å². The normalized spacial score (nSPS) is 16.9. The van der Waals surface area contributed by atoms with E-state index in [-0.39, 0.29) is 12.1 Å². The van der Waals surface area contributed by atoms with Gasteiger partial charge in [-0.25, -0.2) is 9.78 Å².